The lowest BCUT2D eigenvalue weighted by Gasteiger charge is -2.22. The van der Waals surface area contributed by atoms with E-state index < -0.39 is 17.1 Å². The molecule has 2 aromatic heterocycles. The summed E-state index contributed by atoms with van der Waals surface area (Å²) < 4.78 is 16.4. The Morgan fingerprint density at radius 1 is 1.09 bits per heavy atom. The van der Waals surface area contributed by atoms with E-state index in [9.17, 15) is 18.8 Å². The van der Waals surface area contributed by atoms with E-state index in [1.807, 2.05) is 38.1 Å². The molecule has 2 heterocycles. The molecule has 0 atom stereocenters. The van der Waals surface area contributed by atoms with Crippen LogP contribution in [0.1, 0.15) is 18.1 Å². The molecule has 2 aromatic carbocycles. The minimum atomic E-state index is -0.638. The molecule has 4 aromatic rings. The Bertz CT molecular complexity index is 1450. The van der Waals surface area contributed by atoms with Crippen LogP contribution in [0.25, 0.3) is 15.9 Å². The molecule has 0 bridgehead atoms. The quantitative estimate of drug-likeness (QED) is 0.460. The molecule has 1 amide bonds. The van der Waals surface area contributed by atoms with Crippen molar-refractivity contribution in [3.05, 3.63) is 91.7 Å². The maximum atomic E-state index is 13.8. The first-order valence-electron chi connectivity index (χ1n) is 10.2. The van der Waals surface area contributed by atoms with E-state index >= 15 is 0 Å². The zero-order valence-corrected chi connectivity index (χ0v) is 18.8. The number of thiophene rings is 1. The van der Waals surface area contributed by atoms with Crippen molar-refractivity contribution in [2.24, 2.45) is 0 Å². The highest BCUT2D eigenvalue weighted by atomic mass is 32.1. The summed E-state index contributed by atoms with van der Waals surface area (Å²) in [6, 6.07) is 13.3. The summed E-state index contributed by atoms with van der Waals surface area (Å²) in [7, 11) is 0. The van der Waals surface area contributed by atoms with Crippen LogP contribution in [0, 0.1) is 19.7 Å². The van der Waals surface area contributed by atoms with Crippen molar-refractivity contribution >= 4 is 33.1 Å². The zero-order chi connectivity index (χ0) is 23.0. The number of carbonyl (C=O) groups excluding carboxylic acids is 1. The number of hydrogen-bond acceptors (Lipinski definition) is 4. The maximum Gasteiger partial charge on any atom is 0.336 e. The topological polar surface area (TPSA) is 64.3 Å². The summed E-state index contributed by atoms with van der Waals surface area (Å²) in [4.78, 5) is 41.3. The molecule has 164 valence electrons. The fourth-order valence-electron chi connectivity index (χ4n) is 3.76. The van der Waals surface area contributed by atoms with Crippen LogP contribution < -0.4 is 16.1 Å². The van der Waals surface area contributed by atoms with Crippen molar-refractivity contribution in [2.45, 2.75) is 27.3 Å². The standard InChI is InChI=1S/C24H22FN3O3S/c1-4-26(17-7-5-6-15(2)12-17)21(29)14-27-20-10-11-32-22(20)23(30)28(24(27)31)18-8-9-19(25)16(3)13-18/h5-13H,4,14H2,1-3H3. The lowest BCUT2D eigenvalue weighted by molar-refractivity contribution is -0.119. The number of aryl methyl sites for hydroxylation is 2. The average molecular weight is 452 g/mol. The van der Waals surface area contributed by atoms with Gasteiger partial charge in [-0.05, 0) is 73.7 Å². The van der Waals surface area contributed by atoms with E-state index in [1.165, 1.54) is 34.1 Å². The molecule has 0 spiro atoms. The van der Waals surface area contributed by atoms with Crippen LogP contribution in [0.2, 0.25) is 0 Å². The lowest BCUT2D eigenvalue weighted by Crippen LogP contribution is -2.42. The molecule has 8 heteroatoms. The zero-order valence-electron chi connectivity index (χ0n) is 18.0. The van der Waals surface area contributed by atoms with Crippen molar-refractivity contribution in [3.63, 3.8) is 0 Å². The van der Waals surface area contributed by atoms with Crippen molar-refractivity contribution in [2.75, 3.05) is 11.4 Å². The lowest BCUT2D eigenvalue weighted by atomic mass is 10.2. The molecule has 6 nitrogen and oxygen atoms in total. The molecule has 0 unspecified atom stereocenters. The molecule has 0 aliphatic heterocycles. The normalized spacial score (nSPS) is 11.1. The number of fused-ring (bicyclic) bond motifs is 1. The molecule has 32 heavy (non-hydrogen) atoms. The Labute approximate surface area is 187 Å². The van der Waals surface area contributed by atoms with Gasteiger partial charge in [-0.25, -0.2) is 13.8 Å². The van der Waals surface area contributed by atoms with Gasteiger partial charge in [-0.1, -0.05) is 12.1 Å². The summed E-state index contributed by atoms with van der Waals surface area (Å²) in [6.07, 6.45) is 0. The molecule has 0 radical (unpaired) electrons. The highest BCUT2D eigenvalue weighted by molar-refractivity contribution is 7.17. The minimum absolute atomic E-state index is 0.228. The number of rotatable bonds is 5. The molecule has 0 aliphatic carbocycles. The molecule has 4 rings (SSSR count). The fraction of sp³-hybridized carbons (Fsp3) is 0.208. The van der Waals surface area contributed by atoms with E-state index in [4.69, 9.17) is 0 Å². The Hall–Kier alpha value is -3.52. The first kappa shape index (κ1) is 21.7. The number of benzene rings is 2. The van der Waals surface area contributed by atoms with Gasteiger partial charge in [-0.3, -0.25) is 14.2 Å². The number of carbonyl (C=O) groups is 1. The van der Waals surface area contributed by atoms with Crippen LogP contribution in [0.3, 0.4) is 0 Å². The number of anilines is 1. The van der Waals surface area contributed by atoms with Gasteiger partial charge in [-0.2, -0.15) is 0 Å². The first-order chi connectivity index (χ1) is 15.3. The van der Waals surface area contributed by atoms with Crippen LogP contribution in [-0.2, 0) is 11.3 Å². The SMILES string of the molecule is CCN(C(=O)Cn1c(=O)n(-c2ccc(F)c(C)c2)c(=O)c2sccc21)c1cccc(C)c1. The number of hydrogen-bond donors (Lipinski definition) is 0. The Balaban J connectivity index is 1.85. The summed E-state index contributed by atoms with van der Waals surface area (Å²) in [5.41, 5.74) is 1.64. The van der Waals surface area contributed by atoms with E-state index in [-0.39, 0.29) is 18.1 Å². The van der Waals surface area contributed by atoms with Crippen LogP contribution in [0.15, 0.2) is 63.5 Å². The maximum absolute atomic E-state index is 13.8. The Morgan fingerprint density at radius 2 is 1.88 bits per heavy atom. The number of likely N-dealkylation sites (N-methyl/N-ethyl adjacent to an activating group) is 1. The number of amides is 1. The molecule has 0 aliphatic rings. The van der Waals surface area contributed by atoms with Crippen molar-refractivity contribution in [1.82, 2.24) is 9.13 Å². The van der Waals surface area contributed by atoms with Gasteiger partial charge in [0.1, 0.15) is 17.1 Å². The van der Waals surface area contributed by atoms with Gasteiger partial charge in [0, 0.05) is 12.2 Å². The summed E-state index contributed by atoms with van der Waals surface area (Å²) in [5.74, 6) is -0.695. The van der Waals surface area contributed by atoms with E-state index in [2.05, 4.69) is 0 Å². The van der Waals surface area contributed by atoms with Gasteiger partial charge in [0.25, 0.3) is 5.56 Å². The predicted molar refractivity (Wildman–Crippen MR) is 126 cm³/mol. The summed E-state index contributed by atoms with van der Waals surface area (Å²) in [5, 5.41) is 1.71. The molecule has 0 saturated carbocycles. The third-order valence-corrected chi connectivity index (χ3v) is 6.27. The van der Waals surface area contributed by atoms with E-state index in [1.54, 1.807) is 23.3 Å². The van der Waals surface area contributed by atoms with Gasteiger partial charge < -0.3 is 4.90 Å². The largest absolute Gasteiger partial charge is 0.336 e. The van der Waals surface area contributed by atoms with Crippen molar-refractivity contribution < 1.29 is 9.18 Å². The fourth-order valence-corrected chi connectivity index (χ4v) is 4.58. The van der Waals surface area contributed by atoms with Gasteiger partial charge >= 0.3 is 5.69 Å². The minimum Gasteiger partial charge on any atom is -0.311 e. The number of aromatic nitrogens is 2. The molecular formula is C24H22FN3O3S. The predicted octanol–water partition coefficient (Wildman–Crippen LogP) is 4.02. The second-order valence-corrected chi connectivity index (χ2v) is 8.47. The molecule has 0 N–H and O–H groups in total. The van der Waals surface area contributed by atoms with Crippen LogP contribution in [0.5, 0.6) is 0 Å². The third-order valence-electron chi connectivity index (χ3n) is 5.38. The highest BCUT2D eigenvalue weighted by Gasteiger charge is 2.21. The molecular weight excluding hydrogens is 429 g/mol. The second kappa shape index (κ2) is 8.55. The summed E-state index contributed by atoms with van der Waals surface area (Å²) in [6.45, 7) is 5.58. The van der Waals surface area contributed by atoms with Gasteiger partial charge in [0.15, 0.2) is 0 Å². The van der Waals surface area contributed by atoms with Crippen molar-refractivity contribution in [3.8, 4) is 5.69 Å². The van der Waals surface area contributed by atoms with Gasteiger partial charge in [0.2, 0.25) is 5.91 Å². The Morgan fingerprint density at radius 3 is 2.56 bits per heavy atom. The first-order valence-corrected chi connectivity index (χ1v) is 11.1. The van der Waals surface area contributed by atoms with Crippen molar-refractivity contribution in [1.29, 1.82) is 0 Å². The Kier molecular flexibility index (Phi) is 5.80. The van der Waals surface area contributed by atoms with Gasteiger partial charge in [-0.15, -0.1) is 11.3 Å². The second-order valence-electron chi connectivity index (χ2n) is 7.55. The number of nitrogens with zero attached hydrogens (tertiary/aromatic N) is 3. The van der Waals surface area contributed by atoms with Crippen LogP contribution >= 0.6 is 11.3 Å². The van der Waals surface area contributed by atoms with Gasteiger partial charge in [0.05, 0.1) is 11.2 Å². The molecule has 0 saturated heterocycles. The summed E-state index contributed by atoms with van der Waals surface area (Å²) >= 11 is 1.20. The van der Waals surface area contributed by atoms with Crippen LogP contribution in [0.4, 0.5) is 10.1 Å². The average Bonchev–Trinajstić information content (AvgIpc) is 3.24. The van der Waals surface area contributed by atoms with E-state index in [0.717, 1.165) is 15.8 Å². The smallest absolute Gasteiger partial charge is 0.311 e. The van der Waals surface area contributed by atoms with Crippen LogP contribution in [-0.4, -0.2) is 21.6 Å². The monoisotopic (exact) mass is 451 g/mol. The number of halogens is 1. The highest BCUT2D eigenvalue weighted by Crippen LogP contribution is 2.20. The van der Waals surface area contributed by atoms with E-state index in [0.29, 0.717) is 22.3 Å². The molecule has 0 fully saturated rings. The third kappa shape index (κ3) is 3.78.